The molecule has 2 nitrogen and oxygen atoms in total. The molecule has 0 aromatic rings. The third-order valence-corrected chi connectivity index (χ3v) is 2.54. The van der Waals surface area contributed by atoms with Crippen LogP contribution in [0.2, 0.25) is 0 Å². The lowest BCUT2D eigenvalue weighted by Crippen LogP contribution is -2.13. The van der Waals surface area contributed by atoms with Crippen molar-refractivity contribution in [3.05, 3.63) is 0 Å². The monoisotopic (exact) mass is 142 g/mol. The van der Waals surface area contributed by atoms with E-state index in [0.29, 0.717) is 6.10 Å². The Morgan fingerprint density at radius 3 is 3.10 bits per heavy atom. The van der Waals surface area contributed by atoms with E-state index in [1.165, 1.54) is 32.1 Å². The summed E-state index contributed by atoms with van der Waals surface area (Å²) in [6.07, 6.45) is 6.75. The Kier molecular flexibility index (Phi) is 1.91. The maximum Gasteiger partial charge on any atom is 0.0932 e. The van der Waals surface area contributed by atoms with Gasteiger partial charge in [-0.2, -0.15) is 0 Å². The van der Waals surface area contributed by atoms with Crippen molar-refractivity contribution in [1.82, 2.24) is 0 Å². The van der Waals surface area contributed by atoms with E-state index in [4.69, 9.17) is 9.78 Å². The van der Waals surface area contributed by atoms with E-state index < -0.39 is 0 Å². The van der Waals surface area contributed by atoms with Crippen LogP contribution < -0.4 is 0 Å². The first-order chi connectivity index (χ1) is 4.95. The van der Waals surface area contributed by atoms with Gasteiger partial charge in [-0.3, -0.25) is 0 Å². The summed E-state index contributed by atoms with van der Waals surface area (Å²) in [5.41, 5.74) is 0. The molecule has 10 heavy (non-hydrogen) atoms. The lowest BCUT2D eigenvalue weighted by atomic mass is 10.0. The molecule has 0 N–H and O–H groups in total. The van der Waals surface area contributed by atoms with Crippen LogP contribution in [0.5, 0.6) is 0 Å². The first kappa shape index (κ1) is 6.62. The summed E-state index contributed by atoms with van der Waals surface area (Å²) >= 11 is 0. The lowest BCUT2D eigenvalue weighted by Gasteiger charge is -2.15. The topological polar surface area (TPSA) is 18.5 Å². The molecular weight excluding hydrogens is 128 g/mol. The SMILES string of the molecule is C1COOC2CCC(C1)C2. The molecule has 2 bridgehead atoms. The summed E-state index contributed by atoms with van der Waals surface area (Å²) in [4.78, 5) is 10.2. The second kappa shape index (κ2) is 2.89. The molecule has 0 amide bonds. The van der Waals surface area contributed by atoms with Crippen LogP contribution in [0.25, 0.3) is 0 Å². The van der Waals surface area contributed by atoms with Crippen LogP contribution in [0.3, 0.4) is 0 Å². The maximum absolute atomic E-state index is 5.17. The second-order valence-corrected chi connectivity index (χ2v) is 3.36. The highest BCUT2D eigenvalue weighted by Crippen LogP contribution is 2.32. The third-order valence-electron chi connectivity index (χ3n) is 2.54. The van der Waals surface area contributed by atoms with Crippen LogP contribution in [0.1, 0.15) is 32.1 Å². The average Bonchev–Trinajstić information content (AvgIpc) is 2.30. The van der Waals surface area contributed by atoms with Gasteiger partial charge in [0, 0.05) is 0 Å². The van der Waals surface area contributed by atoms with E-state index in [1.807, 2.05) is 0 Å². The van der Waals surface area contributed by atoms with Crippen LogP contribution in [0.15, 0.2) is 0 Å². The summed E-state index contributed by atoms with van der Waals surface area (Å²) in [7, 11) is 0. The summed E-state index contributed by atoms with van der Waals surface area (Å²) in [5.74, 6) is 0.939. The average molecular weight is 142 g/mol. The highest BCUT2D eigenvalue weighted by atomic mass is 17.2. The van der Waals surface area contributed by atoms with Gasteiger partial charge in [0.25, 0.3) is 0 Å². The predicted octanol–water partition coefficient (Wildman–Crippen LogP) is 1.90. The molecule has 2 atom stereocenters. The van der Waals surface area contributed by atoms with Gasteiger partial charge >= 0.3 is 0 Å². The molecule has 1 aliphatic heterocycles. The first-order valence-corrected chi connectivity index (χ1v) is 4.23. The molecule has 1 aliphatic carbocycles. The lowest BCUT2D eigenvalue weighted by molar-refractivity contribution is -0.326. The van der Waals surface area contributed by atoms with Crippen molar-refractivity contribution in [2.45, 2.75) is 38.2 Å². The van der Waals surface area contributed by atoms with Gasteiger partial charge in [-0.25, -0.2) is 9.78 Å². The quantitative estimate of drug-likeness (QED) is 0.481. The minimum atomic E-state index is 0.422. The molecule has 2 rings (SSSR count). The van der Waals surface area contributed by atoms with Gasteiger partial charge < -0.3 is 0 Å². The Hall–Kier alpha value is -0.0800. The molecule has 1 saturated carbocycles. The fraction of sp³-hybridized carbons (Fsp3) is 1.00. The van der Waals surface area contributed by atoms with Gasteiger partial charge in [0.05, 0.1) is 12.7 Å². The normalized spacial score (nSPS) is 40.8. The summed E-state index contributed by atoms with van der Waals surface area (Å²) in [6.45, 7) is 0.799. The van der Waals surface area contributed by atoms with Crippen LogP contribution in [-0.4, -0.2) is 12.7 Å². The molecule has 0 aromatic heterocycles. The zero-order valence-corrected chi connectivity index (χ0v) is 6.21. The smallest absolute Gasteiger partial charge is 0.0932 e. The van der Waals surface area contributed by atoms with E-state index in [1.54, 1.807) is 0 Å². The molecule has 0 aromatic carbocycles. The highest BCUT2D eigenvalue weighted by molar-refractivity contribution is 4.75. The van der Waals surface area contributed by atoms with Gasteiger partial charge in [0.1, 0.15) is 0 Å². The molecule has 0 radical (unpaired) electrons. The van der Waals surface area contributed by atoms with Crippen LogP contribution in [-0.2, 0) is 9.78 Å². The molecule has 2 unspecified atom stereocenters. The minimum absolute atomic E-state index is 0.422. The summed E-state index contributed by atoms with van der Waals surface area (Å²) < 4.78 is 0. The molecule has 2 fully saturated rings. The minimum Gasteiger partial charge on any atom is -0.236 e. The Bertz CT molecular complexity index is 102. The van der Waals surface area contributed by atoms with Gasteiger partial charge in [-0.15, -0.1) is 0 Å². The van der Waals surface area contributed by atoms with E-state index >= 15 is 0 Å². The first-order valence-electron chi connectivity index (χ1n) is 4.23. The van der Waals surface area contributed by atoms with Crippen molar-refractivity contribution in [1.29, 1.82) is 0 Å². The van der Waals surface area contributed by atoms with E-state index in [-0.39, 0.29) is 0 Å². The Morgan fingerprint density at radius 1 is 1.10 bits per heavy atom. The second-order valence-electron chi connectivity index (χ2n) is 3.36. The maximum atomic E-state index is 5.17. The largest absolute Gasteiger partial charge is 0.236 e. The molecule has 58 valence electrons. The van der Waals surface area contributed by atoms with Crippen LogP contribution in [0, 0.1) is 5.92 Å². The van der Waals surface area contributed by atoms with Crippen molar-refractivity contribution in [2.24, 2.45) is 5.92 Å². The Morgan fingerprint density at radius 2 is 2.10 bits per heavy atom. The Labute approximate surface area is 61.4 Å². The fourth-order valence-corrected chi connectivity index (χ4v) is 1.95. The van der Waals surface area contributed by atoms with Gasteiger partial charge in [0.15, 0.2) is 0 Å². The molecule has 0 spiro atoms. The fourth-order valence-electron chi connectivity index (χ4n) is 1.95. The van der Waals surface area contributed by atoms with Crippen LogP contribution >= 0.6 is 0 Å². The van der Waals surface area contributed by atoms with Crippen molar-refractivity contribution in [3.8, 4) is 0 Å². The number of fused-ring (bicyclic) bond motifs is 2. The van der Waals surface area contributed by atoms with Crippen molar-refractivity contribution in [2.75, 3.05) is 6.61 Å². The predicted molar refractivity (Wildman–Crippen MR) is 37.4 cm³/mol. The molecular formula is C8H14O2. The van der Waals surface area contributed by atoms with Crippen molar-refractivity contribution >= 4 is 0 Å². The van der Waals surface area contributed by atoms with Crippen LogP contribution in [0.4, 0.5) is 0 Å². The third kappa shape index (κ3) is 1.32. The molecule has 1 heterocycles. The van der Waals surface area contributed by atoms with E-state index in [0.717, 1.165) is 12.5 Å². The van der Waals surface area contributed by atoms with E-state index in [2.05, 4.69) is 0 Å². The zero-order valence-electron chi connectivity index (χ0n) is 6.21. The highest BCUT2D eigenvalue weighted by Gasteiger charge is 2.27. The van der Waals surface area contributed by atoms with Crippen molar-refractivity contribution in [3.63, 3.8) is 0 Å². The molecule has 2 aliphatic rings. The summed E-state index contributed by atoms with van der Waals surface area (Å²) in [6, 6.07) is 0. The molecule has 2 heteroatoms. The van der Waals surface area contributed by atoms with Gasteiger partial charge in [-0.1, -0.05) is 0 Å². The van der Waals surface area contributed by atoms with E-state index in [9.17, 15) is 0 Å². The van der Waals surface area contributed by atoms with Crippen molar-refractivity contribution < 1.29 is 9.78 Å². The summed E-state index contributed by atoms with van der Waals surface area (Å²) in [5, 5.41) is 0. The number of rotatable bonds is 0. The standard InChI is InChI=1S/C8H14O2/c1-2-7-3-4-8(6-7)10-9-5-1/h7-8H,1-6H2. The van der Waals surface area contributed by atoms with Gasteiger partial charge in [0.2, 0.25) is 0 Å². The van der Waals surface area contributed by atoms with Gasteiger partial charge in [-0.05, 0) is 38.0 Å². The zero-order chi connectivity index (χ0) is 6.81. The Balaban J connectivity index is 1.91. The number of hydrogen-bond donors (Lipinski definition) is 0. The molecule has 1 saturated heterocycles. The number of hydrogen-bond acceptors (Lipinski definition) is 2.